The van der Waals surface area contributed by atoms with Crippen molar-refractivity contribution in [1.29, 1.82) is 10.5 Å². The molecule has 3 heteroatoms. The third kappa shape index (κ3) is 6.13. The van der Waals surface area contributed by atoms with Crippen LogP contribution in [0.15, 0.2) is 212 Å². The van der Waals surface area contributed by atoms with Crippen molar-refractivity contribution in [1.82, 2.24) is 0 Å². The molecule has 3 nitrogen and oxygen atoms in total. The first-order valence-electron chi connectivity index (χ1n) is 20.4. The zero-order valence-corrected chi connectivity index (χ0v) is 33.0. The van der Waals surface area contributed by atoms with Crippen LogP contribution < -0.4 is 4.90 Å². The first-order valence-corrected chi connectivity index (χ1v) is 20.4. The summed E-state index contributed by atoms with van der Waals surface area (Å²) in [6, 6.07) is 79.6. The van der Waals surface area contributed by atoms with Gasteiger partial charge in [0.2, 0.25) is 0 Å². The first-order chi connectivity index (χ1) is 30.1. The van der Waals surface area contributed by atoms with E-state index in [1.54, 1.807) is 0 Å². The van der Waals surface area contributed by atoms with Crippen molar-refractivity contribution in [3.05, 3.63) is 223 Å². The Bertz CT molecular complexity index is 3540. The van der Waals surface area contributed by atoms with Crippen molar-refractivity contribution in [3.8, 4) is 45.5 Å². The minimum Gasteiger partial charge on any atom is -0.310 e. The van der Waals surface area contributed by atoms with Crippen molar-refractivity contribution in [3.63, 3.8) is 0 Å². The second-order valence-electron chi connectivity index (χ2n) is 15.5. The normalized spacial score (nSPS) is 11.2. The van der Waals surface area contributed by atoms with E-state index < -0.39 is 0 Å². The Hall–Kier alpha value is -8.50. The minimum absolute atomic E-state index is 0.602. The maximum atomic E-state index is 9.48. The lowest BCUT2D eigenvalue weighted by Crippen LogP contribution is -2.09. The monoisotopic (exact) mass is 773 g/mol. The van der Waals surface area contributed by atoms with Gasteiger partial charge in [-0.25, -0.2) is 0 Å². The van der Waals surface area contributed by atoms with Crippen LogP contribution in [-0.2, 0) is 0 Å². The topological polar surface area (TPSA) is 50.8 Å². The Kier molecular flexibility index (Phi) is 8.59. The molecule has 0 aliphatic heterocycles. The summed E-state index contributed by atoms with van der Waals surface area (Å²) >= 11 is 0. The summed E-state index contributed by atoms with van der Waals surface area (Å²) in [5, 5.41) is 31.0. The molecule has 0 aliphatic carbocycles. The summed E-state index contributed by atoms with van der Waals surface area (Å²) in [5.74, 6) is 0. The highest BCUT2D eigenvalue weighted by molar-refractivity contribution is 6.25. The molecule has 61 heavy (non-hydrogen) atoms. The zero-order chi connectivity index (χ0) is 40.9. The highest BCUT2D eigenvalue weighted by Crippen LogP contribution is 2.48. The third-order valence-corrected chi connectivity index (χ3v) is 12.1. The number of nitrogens with zero attached hydrogens (tertiary/aromatic N) is 3. The third-order valence-electron chi connectivity index (χ3n) is 12.1. The Morgan fingerprint density at radius 1 is 0.295 bits per heavy atom. The summed E-state index contributed by atoms with van der Waals surface area (Å²) in [4.78, 5) is 2.16. The molecule has 0 spiro atoms. The Balaban J connectivity index is 1.11. The van der Waals surface area contributed by atoms with E-state index in [-0.39, 0.29) is 0 Å². The van der Waals surface area contributed by atoms with Crippen molar-refractivity contribution >= 4 is 70.9 Å². The molecule has 0 saturated heterocycles. The fourth-order valence-corrected chi connectivity index (χ4v) is 9.19. The van der Waals surface area contributed by atoms with E-state index in [4.69, 9.17) is 0 Å². The maximum absolute atomic E-state index is 9.48. The predicted molar refractivity (Wildman–Crippen MR) is 254 cm³/mol. The number of hydrogen-bond donors (Lipinski definition) is 0. The van der Waals surface area contributed by atoms with Gasteiger partial charge in [0.15, 0.2) is 0 Å². The Morgan fingerprint density at radius 2 is 0.721 bits per heavy atom. The van der Waals surface area contributed by atoms with E-state index in [2.05, 4.69) is 181 Å². The van der Waals surface area contributed by atoms with Gasteiger partial charge in [-0.1, -0.05) is 140 Å². The summed E-state index contributed by atoms with van der Waals surface area (Å²) in [6.07, 6.45) is 0. The largest absolute Gasteiger partial charge is 0.310 e. The summed E-state index contributed by atoms with van der Waals surface area (Å²) in [7, 11) is 0. The summed E-state index contributed by atoms with van der Waals surface area (Å²) in [6.45, 7) is 0. The molecule has 0 heterocycles. The van der Waals surface area contributed by atoms with Gasteiger partial charge >= 0.3 is 0 Å². The van der Waals surface area contributed by atoms with Gasteiger partial charge in [-0.05, 0) is 160 Å². The van der Waals surface area contributed by atoms with Crippen LogP contribution in [0.2, 0.25) is 0 Å². The number of anilines is 3. The average molecular weight is 774 g/mol. The maximum Gasteiger partial charge on any atom is 0.0991 e. The second-order valence-corrected chi connectivity index (χ2v) is 15.5. The van der Waals surface area contributed by atoms with E-state index in [0.29, 0.717) is 11.1 Å². The molecule has 0 amide bonds. The van der Waals surface area contributed by atoms with Gasteiger partial charge in [0.25, 0.3) is 0 Å². The summed E-state index contributed by atoms with van der Waals surface area (Å²) < 4.78 is 0. The molecule has 11 aromatic carbocycles. The SMILES string of the molecule is N#Cc1ccc(N(c2ccc(C#N)cc2)c2ccc3cc(-c4ccc5c(-c6cccc7ccccc67)c6ccccc6c(-c6cccc7ccccc67)c5c4)ccc3c2)cc1. The quantitative estimate of drug-likeness (QED) is 0.158. The van der Waals surface area contributed by atoms with Crippen LogP contribution in [-0.4, -0.2) is 0 Å². The second kappa shape index (κ2) is 14.7. The van der Waals surface area contributed by atoms with E-state index >= 15 is 0 Å². The van der Waals surface area contributed by atoms with Gasteiger partial charge in [-0.3, -0.25) is 0 Å². The molecule has 11 aromatic rings. The fourth-order valence-electron chi connectivity index (χ4n) is 9.19. The van der Waals surface area contributed by atoms with Crippen LogP contribution in [0, 0.1) is 22.7 Å². The molecule has 0 N–H and O–H groups in total. The highest BCUT2D eigenvalue weighted by atomic mass is 15.1. The van der Waals surface area contributed by atoms with E-state index in [1.165, 1.54) is 65.3 Å². The van der Waals surface area contributed by atoms with Crippen LogP contribution in [0.3, 0.4) is 0 Å². The lowest BCUT2D eigenvalue weighted by molar-refractivity contribution is 1.28. The van der Waals surface area contributed by atoms with E-state index in [0.717, 1.165) is 39.0 Å². The number of hydrogen-bond acceptors (Lipinski definition) is 3. The van der Waals surface area contributed by atoms with Gasteiger partial charge in [-0.2, -0.15) is 10.5 Å². The van der Waals surface area contributed by atoms with E-state index in [1.807, 2.05) is 48.5 Å². The van der Waals surface area contributed by atoms with E-state index in [9.17, 15) is 10.5 Å². The molecule has 0 fully saturated rings. The zero-order valence-electron chi connectivity index (χ0n) is 33.0. The molecule has 0 saturated carbocycles. The number of benzene rings is 11. The van der Waals surface area contributed by atoms with Crippen LogP contribution in [0.5, 0.6) is 0 Å². The van der Waals surface area contributed by atoms with Gasteiger partial charge < -0.3 is 4.90 Å². The molecule has 282 valence electrons. The lowest BCUT2D eigenvalue weighted by Gasteiger charge is -2.26. The standard InChI is InChI=1S/C58H35N3/c59-36-38-19-27-46(28-20-38)61(47-29-21-39(37-60)22-30-47)48-31-25-43-33-42(23-24-44(43)34-48)45-26-32-55-56(35-45)58(52-18-8-12-41-10-2-4-14-50(41)52)54-16-6-5-15-53(54)57(55)51-17-7-11-40-9-1-3-13-49(40)51/h1-35H. The fraction of sp³-hybridized carbons (Fsp3) is 0. The molecular formula is C58H35N3. The number of fused-ring (bicyclic) bond motifs is 5. The van der Waals surface area contributed by atoms with Gasteiger partial charge in [-0.15, -0.1) is 0 Å². The summed E-state index contributed by atoms with van der Waals surface area (Å²) in [5.41, 5.74) is 11.3. The van der Waals surface area contributed by atoms with Crippen molar-refractivity contribution in [2.24, 2.45) is 0 Å². The molecule has 0 bridgehead atoms. The van der Waals surface area contributed by atoms with Gasteiger partial charge in [0.05, 0.1) is 23.3 Å². The minimum atomic E-state index is 0.602. The molecule has 0 aliphatic rings. The predicted octanol–water partition coefficient (Wildman–Crippen LogP) is 15.7. The average Bonchev–Trinajstić information content (AvgIpc) is 3.33. The van der Waals surface area contributed by atoms with Gasteiger partial charge in [0.1, 0.15) is 0 Å². The molecule has 0 aromatic heterocycles. The Labute approximate surface area is 353 Å². The van der Waals surface area contributed by atoms with Crippen molar-refractivity contribution in [2.45, 2.75) is 0 Å². The molecular weight excluding hydrogens is 739 g/mol. The first kappa shape index (κ1) is 35.6. The molecule has 11 rings (SSSR count). The molecule has 0 unspecified atom stereocenters. The van der Waals surface area contributed by atoms with Crippen molar-refractivity contribution in [2.75, 3.05) is 4.90 Å². The van der Waals surface area contributed by atoms with Crippen LogP contribution in [0.4, 0.5) is 17.1 Å². The number of rotatable bonds is 6. The lowest BCUT2D eigenvalue weighted by atomic mass is 9.83. The van der Waals surface area contributed by atoms with Crippen LogP contribution in [0.1, 0.15) is 11.1 Å². The van der Waals surface area contributed by atoms with Crippen LogP contribution >= 0.6 is 0 Å². The molecule has 0 radical (unpaired) electrons. The molecule has 0 atom stereocenters. The Morgan fingerprint density at radius 3 is 1.30 bits per heavy atom. The number of nitriles is 2. The smallest absolute Gasteiger partial charge is 0.0991 e. The van der Waals surface area contributed by atoms with Gasteiger partial charge in [0, 0.05) is 17.1 Å². The van der Waals surface area contributed by atoms with Crippen LogP contribution in [0.25, 0.3) is 87.2 Å². The highest BCUT2D eigenvalue weighted by Gasteiger charge is 2.20. The van der Waals surface area contributed by atoms with Crippen molar-refractivity contribution < 1.29 is 0 Å².